The summed E-state index contributed by atoms with van der Waals surface area (Å²) in [6.07, 6.45) is 3.26. The molecule has 0 saturated heterocycles. The van der Waals surface area contributed by atoms with Crippen molar-refractivity contribution in [2.24, 2.45) is 11.8 Å². The van der Waals surface area contributed by atoms with Crippen LogP contribution in [0.1, 0.15) is 31.4 Å². The average molecular weight is 345 g/mol. The highest BCUT2D eigenvalue weighted by atomic mass is 79.9. The summed E-state index contributed by atoms with van der Waals surface area (Å²) in [7, 11) is -3.17. The molecule has 1 aromatic rings. The minimum atomic E-state index is -3.17. The first-order valence-corrected chi connectivity index (χ1v) is 9.62. The number of hydrogen-bond donors (Lipinski definition) is 0. The van der Waals surface area contributed by atoms with Gasteiger partial charge < -0.3 is 0 Å². The van der Waals surface area contributed by atoms with E-state index in [0.29, 0.717) is 10.8 Å². The van der Waals surface area contributed by atoms with Gasteiger partial charge in [0.2, 0.25) is 0 Å². The van der Waals surface area contributed by atoms with Crippen molar-refractivity contribution >= 4 is 25.8 Å². The van der Waals surface area contributed by atoms with E-state index in [0.717, 1.165) is 24.6 Å². The summed E-state index contributed by atoms with van der Waals surface area (Å²) >= 11 is 3.43. The van der Waals surface area contributed by atoms with Crippen LogP contribution in [-0.4, -0.2) is 19.5 Å². The van der Waals surface area contributed by atoms with Crippen molar-refractivity contribution < 1.29 is 8.42 Å². The fourth-order valence-electron chi connectivity index (χ4n) is 2.53. The van der Waals surface area contributed by atoms with Crippen molar-refractivity contribution in [3.63, 3.8) is 0 Å². The molecule has 0 spiro atoms. The Morgan fingerprint density at radius 3 is 2.53 bits per heavy atom. The Labute approximate surface area is 124 Å². The Hall–Kier alpha value is -0.350. The van der Waals surface area contributed by atoms with Gasteiger partial charge in [0.15, 0.2) is 9.84 Å². The quantitative estimate of drug-likeness (QED) is 0.764. The highest BCUT2D eigenvalue weighted by molar-refractivity contribution is 9.09. The van der Waals surface area contributed by atoms with Gasteiger partial charge in [-0.1, -0.05) is 35.8 Å². The van der Waals surface area contributed by atoms with Crippen LogP contribution in [0.5, 0.6) is 0 Å². The van der Waals surface area contributed by atoms with E-state index in [1.165, 1.54) is 11.1 Å². The summed E-state index contributed by atoms with van der Waals surface area (Å²) in [6.45, 7) is 4.15. The molecule has 106 valence electrons. The standard InChI is InChI=1S/C15H21BrO2S/c1-11(2)14(9-16)10-19(17,18)15-7-6-12-4-3-5-13(12)8-15/h6-8,11,14H,3-5,9-10H2,1-2H3. The van der Waals surface area contributed by atoms with Gasteiger partial charge in [0.25, 0.3) is 0 Å². The number of halogens is 1. The van der Waals surface area contributed by atoms with Crippen LogP contribution < -0.4 is 0 Å². The Morgan fingerprint density at radius 1 is 1.21 bits per heavy atom. The number of alkyl halides is 1. The molecule has 1 aliphatic rings. The van der Waals surface area contributed by atoms with E-state index in [9.17, 15) is 8.42 Å². The van der Waals surface area contributed by atoms with Gasteiger partial charge >= 0.3 is 0 Å². The van der Waals surface area contributed by atoms with Gasteiger partial charge in [-0.3, -0.25) is 0 Å². The van der Waals surface area contributed by atoms with Gasteiger partial charge in [-0.05, 0) is 54.4 Å². The smallest absolute Gasteiger partial charge is 0.178 e. The van der Waals surface area contributed by atoms with E-state index in [4.69, 9.17) is 0 Å². The van der Waals surface area contributed by atoms with Crippen LogP contribution in [0.4, 0.5) is 0 Å². The van der Waals surface area contributed by atoms with Crippen LogP contribution in [0.15, 0.2) is 23.1 Å². The van der Waals surface area contributed by atoms with E-state index in [1.807, 2.05) is 12.1 Å². The molecule has 0 aromatic heterocycles. The third-order valence-corrected chi connectivity index (χ3v) is 6.67. The van der Waals surface area contributed by atoms with E-state index in [-0.39, 0.29) is 11.7 Å². The molecule has 0 saturated carbocycles. The second-order valence-electron chi connectivity index (χ2n) is 5.72. The largest absolute Gasteiger partial charge is 0.224 e. The van der Waals surface area contributed by atoms with Crippen LogP contribution in [0, 0.1) is 11.8 Å². The molecule has 19 heavy (non-hydrogen) atoms. The maximum Gasteiger partial charge on any atom is 0.178 e. The molecule has 1 atom stereocenters. The number of rotatable bonds is 5. The highest BCUT2D eigenvalue weighted by Crippen LogP contribution is 2.27. The second-order valence-corrected chi connectivity index (χ2v) is 8.41. The highest BCUT2D eigenvalue weighted by Gasteiger charge is 2.24. The van der Waals surface area contributed by atoms with Crippen LogP contribution in [-0.2, 0) is 22.7 Å². The first-order chi connectivity index (χ1) is 8.94. The van der Waals surface area contributed by atoms with E-state index in [1.54, 1.807) is 6.07 Å². The number of hydrogen-bond acceptors (Lipinski definition) is 2. The molecule has 1 unspecified atom stereocenters. The van der Waals surface area contributed by atoms with Gasteiger partial charge in [0.1, 0.15) is 0 Å². The zero-order valence-corrected chi connectivity index (χ0v) is 13.9. The van der Waals surface area contributed by atoms with Crippen molar-refractivity contribution in [3.05, 3.63) is 29.3 Å². The third-order valence-electron chi connectivity index (χ3n) is 4.00. The van der Waals surface area contributed by atoms with Gasteiger partial charge in [-0.2, -0.15) is 0 Å². The van der Waals surface area contributed by atoms with Crippen LogP contribution in [0.2, 0.25) is 0 Å². The molecule has 2 nitrogen and oxygen atoms in total. The first-order valence-electron chi connectivity index (χ1n) is 6.84. The molecule has 1 aromatic carbocycles. The van der Waals surface area contributed by atoms with Crippen molar-refractivity contribution in [1.82, 2.24) is 0 Å². The maximum absolute atomic E-state index is 12.5. The average Bonchev–Trinajstić information content (AvgIpc) is 2.82. The molecular formula is C15H21BrO2S. The topological polar surface area (TPSA) is 34.1 Å². The molecule has 0 fully saturated rings. The third kappa shape index (κ3) is 3.40. The molecule has 0 radical (unpaired) electrons. The zero-order chi connectivity index (χ0) is 14.0. The summed E-state index contributed by atoms with van der Waals surface area (Å²) in [6, 6.07) is 5.67. The van der Waals surface area contributed by atoms with Gasteiger partial charge in [-0.15, -0.1) is 0 Å². The summed E-state index contributed by atoms with van der Waals surface area (Å²) in [5.74, 6) is 0.760. The Balaban J connectivity index is 2.24. The normalized spacial score (nSPS) is 16.6. The lowest BCUT2D eigenvalue weighted by atomic mass is 10.0. The van der Waals surface area contributed by atoms with Crippen molar-refractivity contribution in [2.45, 2.75) is 38.0 Å². The first kappa shape index (κ1) is 15.0. The summed E-state index contributed by atoms with van der Waals surface area (Å²) in [4.78, 5) is 0.500. The summed E-state index contributed by atoms with van der Waals surface area (Å²) in [5, 5.41) is 0.731. The number of sulfone groups is 1. The predicted molar refractivity (Wildman–Crippen MR) is 82.6 cm³/mol. The minimum Gasteiger partial charge on any atom is -0.224 e. The maximum atomic E-state index is 12.5. The lowest BCUT2D eigenvalue weighted by molar-refractivity contribution is 0.461. The van der Waals surface area contributed by atoms with E-state index < -0.39 is 9.84 Å². The van der Waals surface area contributed by atoms with Crippen molar-refractivity contribution in [3.8, 4) is 0 Å². The molecule has 0 amide bonds. The SMILES string of the molecule is CC(C)C(CBr)CS(=O)(=O)c1ccc2c(c1)CCC2. The van der Waals surface area contributed by atoms with Crippen LogP contribution in [0.25, 0.3) is 0 Å². The molecule has 0 heterocycles. The molecular weight excluding hydrogens is 324 g/mol. The van der Waals surface area contributed by atoms with Crippen molar-refractivity contribution in [1.29, 1.82) is 0 Å². The van der Waals surface area contributed by atoms with E-state index >= 15 is 0 Å². The fraction of sp³-hybridized carbons (Fsp3) is 0.600. The lowest BCUT2D eigenvalue weighted by Gasteiger charge is -2.18. The molecule has 0 bridgehead atoms. The van der Waals surface area contributed by atoms with E-state index in [2.05, 4.69) is 29.8 Å². The summed E-state index contributed by atoms with van der Waals surface area (Å²) < 4.78 is 25.0. The predicted octanol–water partition coefficient (Wildman–Crippen LogP) is 3.62. The van der Waals surface area contributed by atoms with Crippen molar-refractivity contribution in [2.75, 3.05) is 11.1 Å². The van der Waals surface area contributed by atoms with Crippen LogP contribution >= 0.6 is 15.9 Å². The Bertz CT molecular complexity index is 549. The Morgan fingerprint density at radius 2 is 1.89 bits per heavy atom. The van der Waals surface area contributed by atoms with Crippen LogP contribution in [0.3, 0.4) is 0 Å². The zero-order valence-electron chi connectivity index (χ0n) is 11.5. The lowest BCUT2D eigenvalue weighted by Crippen LogP contribution is -2.22. The van der Waals surface area contributed by atoms with Gasteiger partial charge in [0.05, 0.1) is 10.6 Å². The fourth-order valence-corrected chi connectivity index (χ4v) is 5.67. The molecule has 1 aliphatic carbocycles. The summed E-state index contributed by atoms with van der Waals surface area (Å²) in [5.41, 5.74) is 2.54. The number of aryl methyl sites for hydroxylation is 2. The minimum absolute atomic E-state index is 0.165. The molecule has 0 aliphatic heterocycles. The second kappa shape index (κ2) is 5.96. The Kier molecular flexibility index (Phi) is 4.72. The molecule has 4 heteroatoms. The number of benzene rings is 1. The van der Waals surface area contributed by atoms with Gasteiger partial charge in [0, 0.05) is 5.33 Å². The number of fused-ring (bicyclic) bond motifs is 1. The molecule has 2 rings (SSSR count). The van der Waals surface area contributed by atoms with Gasteiger partial charge in [-0.25, -0.2) is 8.42 Å². The molecule has 0 N–H and O–H groups in total. The monoisotopic (exact) mass is 344 g/mol.